The van der Waals surface area contributed by atoms with Crippen LogP contribution in [-0.2, 0) is 4.79 Å². The van der Waals surface area contributed by atoms with E-state index in [-0.39, 0.29) is 29.4 Å². The Hall–Kier alpha value is -1.26. The topological polar surface area (TPSA) is 78.4 Å². The number of nitrogens with one attached hydrogen (secondary N) is 2. The van der Waals surface area contributed by atoms with Gasteiger partial charge in [0.25, 0.3) is 0 Å². The maximum Gasteiger partial charge on any atom is 0.315 e. The van der Waals surface area contributed by atoms with E-state index in [9.17, 15) is 9.59 Å². The number of carbonyl (C=O) groups excluding carboxylic acids is 1. The highest BCUT2D eigenvalue weighted by molar-refractivity contribution is 5.76. The van der Waals surface area contributed by atoms with Crippen molar-refractivity contribution in [2.75, 3.05) is 0 Å². The molecule has 0 aromatic heterocycles. The Morgan fingerprint density at radius 3 is 2.25 bits per heavy atom. The maximum absolute atomic E-state index is 12.1. The Balaban J connectivity index is 2.55. The van der Waals surface area contributed by atoms with Crippen molar-refractivity contribution in [1.29, 1.82) is 0 Å². The number of carboxylic acids is 1. The first-order chi connectivity index (χ1) is 9.16. The molecule has 1 unspecified atom stereocenters. The fraction of sp³-hybridized carbons (Fsp3) is 0.867. The zero-order valence-corrected chi connectivity index (χ0v) is 13.1. The minimum Gasteiger partial charge on any atom is -0.481 e. The normalized spacial score (nSPS) is 18.8. The molecule has 0 radical (unpaired) electrons. The monoisotopic (exact) mass is 284 g/mol. The van der Waals surface area contributed by atoms with E-state index < -0.39 is 5.97 Å². The molecule has 1 atom stereocenters. The van der Waals surface area contributed by atoms with Gasteiger partial charge in [-0.15, -0.1) is 0 Å². The molecule has 2 amide bonds. The van der Waals surface area contributed by atoms with Crippen LogP contribution in [0, 0.1) is 5.41 Å². The average molecular weight is 284 g/mol. The summed E-state index contributed by atoms with van der Waals surface area (Å²) in [5.41, 5.74) is -0.0914. The molecule has 5 heteroatoms. The van der Waals surface area contributed by atoms with Crippen LogP contribution in [0.5, 0.6) is 0 Å². The fourth-order valence-corrected chi connectivity index (χ4v) is 2.76. The van der Waals surface area contributed by atoms with Gasteiger partial charge >= 0.3 is 12.0 Å². The summed E-state index contributed by atoms with van der Waals surface area (Å²) in [5, 5.41) is 14.8. The van der Waals surface area contributed by atoms with Crippen LogP contribution in [0.3, 0.4) is 0 Å². The smallest absolute Gasteiger partial charge is 0.315 e. The molecule has 116 valence electrons. The second kappa shape index (κ2) is 6.46. The lowest BCUT2D eigenvalue weighted by Gasteiger charge is -2.42. The second-order valence-corrected chi connectivity index (χ2v) is 7.15. The van der Waals surface area contributed by atoms with E-state index in [0.29, 0.717) is 6.42 Å². The Morgan fingerprint density at radius 2 is 1.90 bits per heavy atom. The van der Waals surface area contributed by atoms with Crippen LogP contribution >= 0.6 is 0 Å². The Kier molecular flexibility index (Phi) is 5.42. The Morgan fingerprint density at radius 1 is 1.30 bits per heavy atom. The van der Waals surface area contributed by atoms with Gasteiger partial charge in [0.15, 0.2) is 0 Å². The van der Waals surface area contributed by atoms with E-state index in [4.69, 9.17) is 5.11 Å². The number of urea groups is 1. The zero-order valence-electron chi connectivity index (χ0n) is 13.1. The molecule has 3 N–H and O–H groups in total. The number of carbonyl (C=O) groups is 2. The first-order valence-corrected chi connectivity index (χ1v) is 7.46. The van der Waals surface area contributed by atoms with Gasteiger partial charge < -0.3 is 15.7 Å². The highest BCUT2D eigenvalue weighted by atomic mass is 16.4. The van der Waals surface area contributed by atoms with Crippen LogP contribution < -0.4 is 10.6 Å². The molecule has 0 saturated heterocycles. The van der Waals surface area contributed by atoms with Gasteiger partial charge in [0.2, 0.25) is 0 Å². The molecule has 20 heavy (non-hydrogen) atoms. The van der Waals surface area contributed by atoms with E-state index in [2.05, 4.69) is 17.6 Å². The van der Waals surface area contributed by atoms with Crippen molar-refractivity contribution in [2.45, 2.75) is 77.8 Å². The summed E-state index contributed by atoms with van der Waals surface area (Å²) in [5.74, 6) is -0.881. The van der Waals surface area contributed by atoms with Gasteiger partial charge in [-0.25, -0.2) is 4.79 Å². The van der Waals surface area contributed by atoms with Gasteiger partial charge in [-0.1, -0.05) is 27.7 Å². The van der Waals surface area contributed by atoms with Gasteiger partial charge in [0.1, 0.15) is 0 Å². The van der Waals surface area contributed by atoms with Crippen LogP contribution in [0.15, 0.2) is 0 Å². The van der Waals surface area contributed by atoms with Crippen LogP contribution in [0.25, 0.3) is 0 Å². The first-order valence-electron chi connectivity index (χ1n) is 7.46. The molecule has 1 fully saturated rings. The molecule has 1 aliphatic carbocycles. The molecule has 0 aliphatic heterocycles. The number of aliphatic carboxylic acids is 1. The highest BCUT2D eigenvalue weighted by Gasteiger charge is 2.37. The number of hydrogen-bond donors (Lipinski definition) is 3. The molecule has 0 bridgehead atoms. The molecule has 0 heterocycles. The van der Waals surface area contributed by atoms with E-state index in [0.717, 1.165) is 25.7 Å². The number of hydrogen-bond acceptors (Lipinski definition) is 2. The van der Waals surface area contributed by atoms with Crippen LogP contribution in [-0.4, -0.2) is 28.7 Å². The lowest BCUT2D eigenvalue weighted by molar-refractivity contribution is -0.137. The van der Waals surface area contributed by atoms with E-state index in [1.54, 1.807) is 0 Å². The molecular weight excluding hydrogens is 256 g/mol. The van der Waals surface area contributed by atoms with Gasteiger partial charge in [-0.05, 0) is 37.5 Å². The molecule has 0 spiro atoms. The maximum atomic E-state index is 12.1. The van der Waals surface area contributed by atoms with E-state index >= 15 is 0 Å². The van der Waals surface area contributed by atoms with Crippen molar-refractivity contribution in [1.82, 2.24) is 10.6 Å². The molecular formula is C15H28N2O3. The standard InChI is InChI=1S/C15H28N2O3/c1-5-15(7-6-8-15)17-13(20)16-11(9-12(18)19)10-14(2,3)4/h11H,5-10H2,1-4H3,(H,18,19)(H2,16,17,20). The molecule has 5 nitrogen and oxygen atoms in total. The highest BCUT2D eigenvalue weighted by Crippen LogP contribution is 2.34. The number of carboxylic acid groups (broad SMARTS) is 1. The van der Waals surface area contributed by atoms with Crippen LogP contribution in [0.4, 0.5) is 4.79 Å². The third kappa shape index (κ3) is 5.39. The largest absolute Gasteiger partial charge is 0.481 e. The quantitative estimate of drug-likeness (QED) is 0.701. The molecule has 1 rings (SSSR count). The van der Waals surface area contributed by atoms with E-state index in [1.807, 2.05) is 20.8 Å². The molecule has 1 aliphatic rings. The fourth-order valence-electron chi connectivity index (χ4n) is 2.76. The summed E-state index contributed by atoms with van der Waals surface area (Å²) < 4.78 is 0. The minimum absolute atomic E-state index is 0.0215. The summed E-state index contributed by atoms with van der Waals surface area (Å²) in [6, 6.07) is -0.566. The van der Waals surface area contributed by atoms with Gasteiger partial charge in [0.05, 0.1) is 6.42 Å². The van der Waals surface area contributed by atoms with Crippen molar-refractivity contribution in [3.63, 3.8) is 0 Å². The molecule has 0 aromatic rings. The van der Waals surface area contributed by atoms with Crippen molar-refractivity contribution in [3.8, 4) is 0 Å². The summed E-state index contributed by atoms with van der Waals surface area (Å²) in [6.45, 7) is 8.20. The van der Waals surface area contributed by atoms with Crippen molar-refractivity contribution in [2.24, 2.45) is 5.41 Å². The second-order valence-electron chi connectivity index (χ2n) is 7.15. The van der Waals surface area contributed by atoms with Gasteiger partial charge in [-0.2, -0.15) is 0 Å². The predicted octanol–water partition coefficient (Wildman–Crippen LogP) is 2.90. The van der Waals surface area contributed by atoms with Crippen molar-refractivity contribution >= 4 is 12.0 Å². The van der Waals surface area contributed by atoms with E-state index in [1.165, 1.54) is 0 Å². The summed E-state index contributed by atoms with van der Waals surface area (Å²) in [4.78, 5) is 23.0. The Labute approximate surface area is 121 Å². The molecule has 0 aromatic carbocycles. The summed E-state index contributed by atoms with van der Waals surface area (Å²) in [7, 11) is 0. The van der Waals surface area contributed by atoms with Crippen LogP contribution in [0.1, 0.15) is 66.2 Å². The van der Waals surface area contributed by atoms with Crippen molar-refractivity contribution < 1.29 is 14.7 Å². The summed E-state index contributed by atoms with van der Waals surface area (Å²) in [6.07, 6.45) is 4.70. The lowest BCUT2D eigenvalue weighted by atomic mass is 9.75. The SMILES string of the molecule is CCC1(NC(=O)NC(CC(=O)O)CC(C)(C)C)CCC1. The van der Waals surface area contributed by atoms with Crippen LogP contribution in [0.2, 0.25) is 0 Å². The zero-order chi connectivity index (χ0) is 15.4. The molecule has 1 saturated carbocycles. The minimum atomic E-state index is -0.881. The average Bonchev–Trinajstić information content (AvgIpc) is 2.19. The predicted molar refractivity (Wildman–Crippen MR) is 78.7 cm³/mol. The van der Waals surface area contributed by atoms with Gasteiger partial charge in [-0.3, -0.25) is 4.79 Å². The first kappa shape index (κ1) is 16.8. The number of amides is 2. The third-order valence-corrected chi connectivity index (χ3v) is 3.98. The Bertz CT molecular complexity index is 351. The summed E-state index contributed by atoms with van der Waals surface area (Å²) >= 11 is 0. The van der Waals surface area contributed by atoms with Crippen molar-refractivity contribution in [3.05, 3.63) is 0 Å². The van der Waals surface area contributed by atoms with Gasteiger partial charge in [0, 0.05) is 11.6 Å². The lowest BCUT2D eigenvalue weighted by Crippen LogP contribution is -2.57. The third-order valence-electron chi connectivity index (χ3n) is 3.98. The number of rotatable bonds is 6.